The molecular formula is C13H17N3O4. The number of hydrogen-bond acceptors (Lipinski definition) is 5. The Bertz CT molecular complexity index is 540. The van der Waals surface area contributed by atoms with Crippen molar-refractivity contribution in [1.29, 1.82) is 0 Å². The lowest BCUT2D eigenvalue weighted by molar-refractivity contribution is -0.384. The third kappa shape index (κ3) is 3.04. The summed E-state index contributed by atoms with van der Waals surface area (Å²) in [6.07, 6.45) is 1.92. The van der Waals surface area contributed by atoms with Gasteiger partial charge in [0.1, 0.15) is 0 Å². The monoisotopic (exact) mass is 279 g/mol. The molecule has 1 N–H and O–H groups in total. The molecule has 0 saturated heterocycles. The van der Waals surface area contributed by atoms with Crippen molar-refractivity contribution in [2.24, 2.45) is 5.92 Å². The molecule has 7 heteroatoms. The van der Waals surface area contributed by atoms with Crippen LogP contribution in [0.4, 0.5) is 11.5 Å². The molecule has 7 nitrogen and oxygen atoms in total. The highest BCUT2D eigenvalue weighted by molar-refractivity contribution is 5.86. The van der Waals surface area contributed by atoms with E-state index in [1.54, 1.807) is 0 Å². The summed E-state index contributed by atoms with van der Waals surface area (Å²) in [5, 5.41) is 20.1. The van der Waals surface area contributed by atoms with Gasteiger partial charge in [-0.2, -0.15) is 0 Å². The number of carboxylic acid groups (broad SMARTS) is 1. The van der Waals surface area contributed by atoms with E-state index in [1.807, 2.05) is 18.7 Å². The summed E-state index contributed by atoms with van der Waals surface area (Å²) in [7, 11) is 0. The van der Waals surface area contributed by atoms with Crippen molar-refractivity contribution in [2.75, 3.05) is 11.4 Å². The van der Waals surface area contributed by atoms with Gasteiger partial charge in [-0.25, -0.2) is 9.78 Å². The number of rotatable bonds is 6. The molecule has 1 aliphatic rings. The van der Waals surface area contributed by atoms with Gasteiger partial charge in [0.2, 0.25) is 5.82 Å². The van der Waals surface area contributed by atoms with E-state index in [2.05, 4.69) is 4.98 Å². The molecule has 0 radical (unpaired) electrons. The molecule has 108 valence electrons. The number of nitro groups is 1. The molecule has 0 aromatic carbocycles. The van der Waals surface area contributed by atoms with E-state index in [0.29, 0.717) is 12.5 Å². The van der Waals surface area contributed by atoms with Crippen molar-refractivity contribution in [2.45, 2.75) is 32.7 Å². The topological polar surface area (TPSA) is 96.6 Å². The number of carbonyl (C=O) groups is 1. The van der Waals surface area contributed by atoms with Crippen LogP contribution in [0.5, 0.6) is 0 Å². The number of pyridine rings is 1. The summed E-state index contributed by atoms with van der Waals surface area (Å²) < 4.78 is 0. The molecule has 1 aromatic rings. The number of hydrogen-bond donors (Lipinski definition) is 1. The van der Waals surface area contributed by atoms with Crippen LogP contribution < -0.4 is 4.90 Å². The maximum absolute atomic E-state index is 11.1. The lowest BCUT2D eigenvalue weighted by Crippen LogP contribution is -2.31. The van der Waals surface area contributed by atoms with Gasteiger partial charge in [0.25, 0.3) is 0 Å². The highest BCUT2D eigenvalue weighted by Crippen LogP contribution is 2.36. The molecule has 0 aliphatic heterocycles. The molecular weight excluding hydrogens is 262 g/mol. The molecule has 1 aromatic heterocycles. The fourth-order valence-corrected chi connectivity index (χ4v) is 2.10. The number of aromatic carboxylic acids is 1. The standard InChI is InChI=1S/C13H17N3O4/c1-8(2)7-15(9-3-4-9)12-11(16(19)20)6-5-10(14-12)13(17)18/h5-6,8-9H,3-4,7H2,1-2H3,(H,17,18). The summed E-state index contributed by atoms with van der Waals surface area (Å²) in [4.78, 5) is 27.5. The van der Waals surface area contributed by atoms with Crippen LogP contribution in [0.25, 0.3) is 0 Å². The third-order valence-corrected chi connectivity index (χ3v) is 3.09. The largest absolute Gasteiger partial charge is 0.477 e. The summed E-state index contributed by atoms with van der Waals surface area (Å²) in [6, 6.07) is 2.62. The fraction of sp³-hybridized carbons (Fsp3) is 0.538. The number of nitrogens with zero attached hydrogens (tertiary/aromatic N) is 3. The van der Waals surface area contributed by atoms with Crippen molar-refractivity contribution in [3.8, 4) is 0 Å². The van der Waals surface area contributed by atoms with Gasteiger partial charge in [0, 0.05) is 18.7 Å². The van der Waals surface area contributed by atoms with E-state index in [0.717, 1.165) is 12.8 Å². The minimum absolute atomic E-state index is 0.137. The zero-order valence-corrected chi connectivity index (χ0v) is 11.4. The predicted octanol–water partition coefficient (Wildman–Crippen LogP) is 2.31. The number of carboxylic acids is 1. The highest BCUT2D eigenvalue weighted by Gasteiger charge is 2.34. The van der Waals surface area contributed by atoms with Crippen molar-refractivity contribution in [3.05, 3.63) is 27.9 Å². The second-order valence-electron chi connectivity index (χ2n) is 5.38. The van der Waals surface area contributed by atoms with Crippen molar-refractivity contribution < 1.29 is 14.8 Å². The lowest BCUT2D eigenvalue weighted by atomic mass is 10.2. The van der Waals surface area contributed by atoms with Gasteiger partial charge in [-0.1, -0.05) is 13.8 Å². The fourth-order valence-electron chi connectivity index (χ4n) is 2.10. The minimum Gasteiger partial charge on any atom is -0.477 e. The Kier molecular flexibility index (Phi) is 3.87. The van der Waals surface area contributed by atoms with Crippen LogP contribution in [0.2, 0.25) is 0 Å². The molecule has 0 amide bonds. The van der Waals surface area contributed by atoms with Crippen molar-refractivity contribution in [3.63, 3.8) is 0 Å². The zero-order valence-electron chi connectivity index (χ0n) is 11.4. The van der Waals surface area contributed by atoms with Crippen molar-refractivity contribution >= 4 is 17.5 Å². The van der Waals surface area contributed by atoms with E-state index in [-0.39, 0.29) is 23.2 Å². The van der Waals surface area contributed by atoms with Crippen LogP contribution in [0.1, 0.15) is 37.2 Å². The maximum atomic E-state index is 11.1. The first-order chi connectivity index (χ1) is 9.40. The Morgan fingerprint density at radius 2 is 2.20 bits per heavy atom. The van der Waals surface area contributed by atoms with Crippen LogP contribution in [-0.2, 0) is 0 Å². The van der Waals surface area contributed by atoms with E-state index in [1.165, 1.54) is 12.1 Å². The normalized spacial score (nSPS) is 14.3. The molecule has 0 unspecified atom stereocenters. The van der Waals surface area contributed by atoms with Gasteiger partial charge < -0.3 is 10.0 Å². The van der Waals surface area contributed by atoms with Crippen LogP contribution in [0.3, 0.4) is 0 Å². The summed E-state index contributed by atoms with van der Waals surface area (Å²) in [5.41, 5.74) is -0.303. The van der Waals surface area contributed by atoms with E-state index < -0.39 is 10.9 Å². The first kappa shape index (κ1) is 14.2. The molecule has 0 spiro atoms. The Morgan fingerprint density at radius 3 is 2.65 bits per heavy atom. The minimum atomic E-state index is -1.18. The van der Waals surface area contributed by atoms with Gasteiger partial charge >= 0.3 is 11.7 Å². The Balaban J connectivity index is 2.46. The summed E-state index contributed by atoms with van der Waals surface area (Å²) in [5.74, 6) is -0.696. The first-order valence-corrected chi connectivity index (χ1v) is 6.55. The third-order valence-electron chi connectivity index (χ3n) is 3.09. The molecule has 1 fully saturated rings. The molecule has 1 saturated carbocycles. The van der Waals surface area contributed by atoms with E-state index in [4.69, 9.17) is 5.11 Å². The van der Waals surface area contributed by atoms with Crippen LogP contribution in [-0.4, -0.2) is 33.6 Å². The average molecular weight is 279 g/mol. The van der Waals surface area contributed by atoms with Gasteiger partial charge in [0.15, 0.2) is 5.69 Å². The molecule has 2 rings (SSSR count). The number of aromatic nitrogens is 1. The smallest absolute Gasteiger partial charge is 0.354 e. The molecule has 0 atom stereocenters. The second kappa shape index (κ2) is 5.44. The zero-order chi connectivity index (χ0) is 14.9. The van der Waals surface area contributed by atoms with Gasteiger partial charge in [0.05, 0.1) is 4.92 Å². The van der Waals surface area contributed by atoms with Crippen LogP contribution in [0.15, 0.2) is 12.1 Å². The van der Waals surface area contributed by atoms with Gasteiger partial charge in [-0.05, 0) is 24.8 Å². The Labute approximate surface area is 116 Å². The SMILES string of the molecule is CC(C)CN(c1nc(C(=O)O)ccc1[N+](=O)[O-])C1CC1. The summed E-state index contributed by atoms with van der Waals surface area (Å²) in [6.45, 7) is 4.66. The molecule has 0 bridgehead atoms. The molecule has 20 heavy (non-hydrogen) atoms. The quantitative estimate of drug-likeness (QED) is 0.634. The Hall–Kier alpha value is -2.18. The second-order valence-corrected chi connectivity index (χ2v) is 5.38. The first-order valence-electron chi connectivity index (χ1n) is 6.55. The van der Waals surface area contributed by atoms with Gasteiger partial charge in [-0.3, -0.25) is 10.1 Å². The van der Waals surface area contributed by atoms with E-state index in [9.17, 15) is 14.9 Å². The lowest BCUT2D eigenvalue weighted by Gasteiger charge is -2.25. The van der Waals surface area contributed by atoms with Crippen LogP contribution >= 0.6 is 0 Å². The van der Waals surface area contributed by atoms with E-state index >= 15 is 0 Å². The number of anilines is 1. The predicted molar refractivity (Wildman–Crippen MR) is 73.1 cm³/mol. The van der Waals surface area contributed by atoms with Gasteiger partial charge in [-0.15, -0.1) is 0 Å². The Morgan fingerprint density at radius 1 is 1.55 bits per heavy atom. The highest BCUT2D eigenvalue weighted by atomic mass is 16.6. The molecule has 1 heterocycles. The van der Waals surface area contributed by atoms with Crippen LogP contribution in [0, 0.1) is 16.0 Å². The molecule has 1 aliphatic carbocycles. The maximum Gasteiger partial charge on any atom is 0.354 e. The average Bonchev–Trinajstić information content (AvgIpc) is 3.19. The summed E-state index contributed by atoms with van der Waals surface area (Å²) >= 11 is 0. The van der Waals surface area contributed by atoms with Crippen molar-refractivity contribution in [1.82, 2.24) is 4.98 Å².